The van der Waals surface area contributed by atoms with Crippen LogP contribution in [0.1, 0.15) is 23.2 Å². The Hall–Kier alpha value is -3.28. The van der Waals surface area contributed by atoms with Crippen molar-refractivity contribution < 1.29 is 9.18 Å². The summed E-state index contributed by atoms with van der Waals surface area (Å²) in [6.45, 7) is 1.68. The van der Waals surface area contributed by atoms with Crippen molar-refractivity contribution in [3.63, 3.8) is 0 Å². The van der Waals surface area contributed by atoms with Gasteiger partial charge in [-0.25, -0.2) is 14.4 Å². The number of nitrogens with one attached hydrogen (secondary N) is 1. The number of nitrogens with zero attached hydrogens (tertiary/aromatic N) is 3. The van der Waals surface area contributed by atoms with Gasteiger partial charge in [-0.15, -0.1) is 0 Å². The highest BCUT2D eigenvalue weighted by Gasteiger charge is 2.19. The number of carbonyl (C=O) groups excluding carboxylic acids is 1. The van der Waals surface area contributed by atoms with Gasteiger partial charge in [0.05, 0.1) is 0 Å². The first-order valence-electron chi connectivity index (χ1n) is 8.94. The summed E-state index contributed by atoms with van der Waals surface area (Å²) < 4.78 is 13.1. The van der Waals surface area contributed by atoms with Gasteiger partial charge in [-0.05, 0) is 67.4 Å². The lowest BCUT2D eigenvalue weighted by Gasteiger charge is -2.15. The van der Waals surface area contributed by atoms with Gasteiger partial charge >= 0.3 is 0 Å². The van der Waals surface area contributed by atoms with Crippen molar-refractivity contribution in [1.82, 2.24) is 14.9 Å². The smallest absolute Gasteiger partial charge is 0.253 e. The van der Waals surface area contributed by atoms with Crippen LogP contribution in [0.15, 0.2) is 60.8 Å². The molecule has 1 N–H and O–H groups in total. The first kappa shape index (κ1) is 17.1. The van der Waals surface area contributed by atoms with Crippen molar-refractivity contribution in [3.05, 3.63) is 72.2 Å². The molecule has 0 unspecified atom stereocenters. The number of hydrogen-bond donors (Lipinski definition) is 1. The second-order valence-corrected chi connectivity index (χ2v) is 6.47. The molecule has 2 aromatic carbocycles. The number of anilines is 2. The van der Waals surface area contributed by atoms with E-state index in [-0.39, 0.29) is 11.7 Å². The molecule has 5 nitrogen and oxygen atoms in total. The molecule has 0 aliphatic carbocycles. The second-order valence-electron chi connectivity index (χ2n) is 6.47. The fraction of sp³-hybridized carbons (Fsp3) is 0.190. The zero-order valence-corrected chi connectivity index (χ0v) is 14.7. The molecule has 27 heavy (non-hydrogen) atoms. The summed E-state index contributed by atoms with van der Waals surface area (Å²) in [5, 5.41) is 3.21. The van der Waals surface area contributed by atoms with Crippen molar-refractivity contribution >= 4 is 17.4 Å². The lowest BCUT2D eigenvalue weighted by molar-refractivity contribution is 0.0793. The molecule has 1 fully saturated rings. The molecular formula is C21H19FN4O. The highest BCUT2D eigenvalue weighted by atomic mass is 19.1. The monoisotopic (exact) mass is 362 g/mol. The Morgan fingerprint density at radius 2 is 1.67 bits per heavy atom. The van der Waals surface area contributed by atoms with Gasteiger partial charge in [0.25, 0.3) is 5.91 Å². The van der Waals surface area contributed by atoms with Gasteiger partial charge in [0.1, 0.15) is 11.6 Å². The van der Waals surface area contributed by atoms with E-state index >= 15 is 0 Å². The number of rotatable bonds is 4. The van der Waals surface area contributed by atoms with Crippen LogP contribution in [0.4, 0.5) is 15.9 Å². The van der Waals surface area contributed by atoms with Crippen LogP contribution < -0.4 is 5.32 Å². The van der Waals surface area contributed by atoms with Gasteiger partial charge < -0.3 is 10.2 Å². The summed E-state index contributed by atoms with van der Waals surface area (Å²) in [6.07, 6.45) is 3.81. The summed E-state index contributed by atoms with van der Waals surface area (Å²) >= 11 is 0. The maximum absolute atomic E-state index is 13.1. The van der Waals surface area contributed by atoms with Crippen LogP contribution in [0, 0.1) is 5.82 Å². The fourth-order valence-electron chi connectivity index (χ4n) is 3.11. The number of amides is 1. The minimum Gasteiger partial charge on any atom is -0.340 e. The molecule has 1 aliphatic rings. The predicted octanol–water partition coefficient (Wildman–Crippen LogP) is 4.26. The van der Waals surface area contributed by atoms with E-state index in [0.29, 0.717) is 17.2 Å². The van der Waals surface area contributed by atoms with Crippen molar-refractivity contribution in [1.29, 1.82) is 0 Å². The number of likely N-dealkylation sites (tertiary alicyclic amines) is 1. The largest absolute Gasteiger partial charge is 0.340 e. The molecule has 2 heterocycles. The summed E-state index contributed by atoms with van der Waals surface area (Å²) in [4.78, 5) is 23.0. The zero-order valence-electron chi connectivity index (χ0n) is 14.7. The molecule has 0 atom stereocenters. The Labute approximate surface area is 156 Å². The molecular weight excluding hydrogens is 343 g/mol. The molecule has 0 bridgehead atoms. The van der Waals surface area contributed by atoms with Gasteiger partial charge in [-0.1, -0.05) is 0 Å². The minimum absolute atomic E-state index is 0.0830. The quantitative estimate of drug-likeness (QED) is 0.753. The Morgan fingerprint density at radius 1 is 0.963 bits per heavy atom. The van der Waals surface area contributed by atoms with E-state index < -0.39 is 0 Å². The average molecular weight is 362 g/mol. The minimum atomic E-state index is -0.295. The number of halogens is 1. The van der Waals surface area contributed by atoms with E-state index in [1.807, 2.05) is 29.2 Å². The molecule has 1 aromatic heterocycles. The summed E-state index contributed by atoms with van der Waals surface area (Å²) in [5.74, 6) is 0.931. The second kappa shape index (κ2) is 7.53. The van der Waals surface area contributed by atoms with Gasteiger partial charge in [0, 0.05) is 36.1 Å². The summed E-state index contributed by atoms with van der Waals surface area (Å²) in [5.41, 5.74) is 2.26. The number of hydrogen-bond acceptors (Lipinski definition) is 4. The van der Waals surface area contributed by atoms with Crippen LogP contribution in [0.3, 0.4) is 0 Å². The number of benzene rings is 2. The molecule has 1 saturated heterocycles. The van der Waals surface area contributed by atoms with Crippen molar-refractivity contribution in [2.24, 2.45) is 0 Å². The lowest BCUT2D eigenvalue weighted by atomic mass is 10.2. The Bertz CT molecular complexity index is 935. The molecule has 4 rings (SSSR count). The van der Waals surface area contributed by atoms with E-state index in [9.17, 15) is 9.18 Å². The molecule has 0 spiro atoms. The third-order valence-corrected chi connectivity index (χ3v) is 4.56. The molecule has 6 heteroatoms. The SMILES string of the molecule is O=C(c1ccc(Nc2ccnc(-c3ccc(F)cc3)n2)cc1)N1CCCC1. The molecule has 1 aliphatic heterocycles. The molecule has 136 valence electrons. The Kier molecular flexibility index (Phi) is 4.78. The van der Waals surface area contributed by atoms with Crippen LogP contribution >= 0.6 is 0 Å². The zero-order chi connectivity index (χ0) is 18.6. The lowest BCUT2D eigenvalue weighted by Crippen LogP contribution is -2.27. The predicted molar refractivity (Wildman–Crippen MR) is 102 cm³/mol. The first-order chi connectivity index (χ1) is 13.2. The van der Waals surface area contributed by atoms with Crippen LogP contribution in [0.2, 0.25) is 0 Å². The van der Waals surface area contributed by atoms with Gasteiger partial charge in [-0.3, -0.25) is 4.79 Å². The summed E-state index contributed by atoms with van der Waals surface area (Å²) in [7, 11) is 0. The third kappa shape index (κ3) is 3.95. The highest BCUT2D eigenvalue weighted by molar-refractivity contribution is 5.94. The molecule has 1 amide bonds. The van der Waals surface area contributed by atoms with Crippen molar-refractivity contribution in [2.45, 2.75) is 12.8 Å². The highest BCUT2D eigenvalue weighted by Crippen LogP contribution is 2.20. The van der Waals surface area contributed by atoms with E-state index in [0.717, 1.165) is 37.2 Å². The molecule has 3 aromatic rings. The average Bonchev–Trinajstić information content (AvgIpc) is 3.24. The van der Waals surface area contributed by atoms with E-state index in [1.165, 1.54) is 12.1 Å². The maximum atomic E-state index is 13.1. The maximum Gasteiger partial charge on any atom is 0.253 e. The third-order valence-electron chi connectivity index (χ3n) is 4.56. The van der Waals surface area contributed by atoms with E-state index in [1.54, 1.807) is 24.4 Å². The first-order valence-corrected chi connectivity index (χ1v) is 8.94. The Balaban J connectivity index is 1.48. The topological polar surface area (TPSA) is 58.1 Å². The fourth-order valence-corrected chi connectivity index (χ4v) is 3.11. The van der Waals surface area contributed by atoms with Crippen molar-refractivity contribution in [2.75, 3.05) is 18.4 Å². The molecule has 0 saturated carbocycles. The van der Waals surface area contributed by atoms with Crippen LogP contribution in [-0.4, -0.2) is 33.9 Å². The number of carbonyl (C=O) groups is 1. The van der Waals surface area contributed by atoms with Gasteiger partial charge in [-0.2, -0.15) is 0 Å². The van der Waals surface area contributed by atoms with E-state index in [2.05, 4.69) is 15.3 Å². The van der Waals surface area contributed by atoms with Crippen LogP contribution in [0.5, 0.6) is 0 Å². The van der Waals surface area contributed by atoms with Crippen LogP contribution in [0.25, 0.3) is 11.4 Å². The van der Waals surface area contributed by atoms with Crippen LogP contribution in [-0.2, 0) is 0 Å². The Morgan fingerprint density at radius 3 is 2.37 bits per heavy atom. The van der Waals surface area contributed by atoms with Gasteiger partial charge in [0.2, 0.25) is 0 Å². The normalized spacial score (nSPS) is 13.6. The molecule has 0 radical (unpaired) electrons. The number of aromatic nitrogens is 2. The van der Waals surface area contributed by atoms with Gasteiger partial charge in [0.15, 0.2) is 5.82 Å². The van der Waals surface area contributed by atoms with Crippen molar-refractivity contribution in [3.8, 4) is 11.4 Å². The van der Waals surface area contributed by atoms with E-state index in [4.69, 9.17) is 0 Å². The summed E-state index contributed by atoms with van der Waals surface area (Å²) in [6, 6.07) is 15.2. The standard InChI is InChI=1S/C21H19FN4O/c22-17-7-3-15(4-8-17)20-23-12-11-19(25-20)24-18-9-5-16(6-10-18)21(27)26-13-1-2-14-26/h3-12H,1-2,13-14H2,(H,23,24,25).